The Labute approximate surface area is 197 Å². The maximum absolute atomic E-state index is 13.5. The fourth-order valence-electron chi connectivity index (χ4n) is 3.73. The largest absolute Gasteiger partial charge is 0.493 e. The number of hydrogen-bond donors (Lipinski definition) is 0. The molecule has 0 radical (unpaired) electrons. The number of benzene rings is 2. The third-order valence-electron chi connectivity index (χ3n) is 5.32. The number of methoxy groups -OCH3 is 2. The smallest absolute Gasteiger partial charge is 0.387 e. The Balaban J connectivity index is 1.86. The van der Waals surface area contributed by atoms with Crippen molar-refractivity contribution in [3.63, 3.8) is 0 Å². The van der Waals surface area contributed by atoms with Gasteiger partial charge in [-0.2, -0.15) is 8.78 Å². The van der Waals surface area contributed by atoms with E-state index >= 15 is 0 Å². The second-order valence-electron chi connectivity index (χ2n) is 7.65. The number of ether oxygens (including phenoxy) is 5. The standard InChI is InChI=1S/C25H29F2NO6/c1-4-11-33-20-9-7-17(13-22(20)30-2)15-28(16-19-6-5-12-32-19)24(29)18-8-10-21(34-25(26)27)23(14-18)31-3/h4,7-10,13-14,19,25H,1,5-6,11-12,15-16H2,2-3H3. The summed E-state index contributed by atoms with van der Waals surface area (Å²) in [6.45, 7) is 2.31. The average Bonchev–Trinajstić information content (AvgIpc) is 3.35. The van der Waals surface area contributed by atoms with Crippen LogP contribution in [-0.4, -0.2) is 57.5 Å². The topological polar surface area (TPSA) is 66.5 Å². The molecule has 0 spiro atoms. The Kier molecular flexibility index (Phi) is 9.09. The number of rotatable bonds is 12. The minimum Gasteiger partial charge on any atom is -0.493 e. The van der Waals surface area contributed by atoms with E-state index in [2.05, 4.69) is 11.3 Å². The molecule has 1 heterocycles. The first-order chi connectivity index (χ1) is 16.4. The van der Waals surface area contributed by atoms with Crippen molar-refractivity contribution in [1.29, 1.82) is 0 Å². The molecule has 7 nitrogen and oxygen atoms in total. The van der Waals surface area contributed by atoms with Crippen LogP contribution < -0.4 is 18.9 Å². The van der Waals surface area contributed by atoms with E-state index in [4.69, 9.17) is 18.9 Å². The summed E-state index contributed by atoms with van der Waals surface area (Å²) in [6, 6.07) is 9.60. The predicted octanol–water partition coefficient (Wildman–Crippen LogP) is 4.69. The van der Waals surface area contributed by atoms with Crippen molar-refractivity contribution in [3.05, 3.63) is 60.2 Å². The number of alkyl halides is 2. The van der Waals surface area contributed by atoms with E-state index in [0.29, 0.717) is 31.3 Å². The Hall–Kier alpha value is -3.33. The maximum Gasteiger partial charge on any atom is 0.387 e. The van der Waals surface area contributed by atoms with Crippen molar-refractivity contribution in [2.45, 2.75) is 32.1 Å². The van der Waals surface area contributed by atoms with Crippen LogP contribution in [0.1, 0.15) is 28.8 Å². The number of carbonyl (C=O) groups is 1. The van der Waals surface area contributed by atoms with Crippen molar-refractivity contribution in [2.75, 3.05) is 34.0 Å². The molecule has 3 rings (SSSR count). The molecule has 9 heteroatoms. The van der Waals surface area contributed by atoms with Gasteiger partial charge in [0.15, 0.2) is 23.0 Å². The second-order valence-corrected chi connectivity index (χ2v) is 7.65. The Bertz CT molecular complexity index is 978. The highest BCUT2D eigenvalue weighted by atomic mass is 19.3. The molecular weight excluding hydrogens is 448 g/mol. The van der Waals surface area contributed by atoms with Crippen molar-refractivity contribution in [3.8, 4) is 23.0 Å². The molecule has 1 unspecified atom stereocenters. The van der Waals surface area contributed by atoms with Gasteiger partial charge in [-0.1, -0.05) is 18.7 Å². The van der Waals surface area contributed by atoms with Crippen LogP contribution >= 0.6 is 0 Å². The quantitative estimate of drug-likeness (QED) is 0.413. The fourth-order valence-corrected chi connectivity index (χ4v) is 3.73. The highest BCUT2D eigenvalue weighted by molar-refractivity contribution is 5.95. The summed E-state index contributed by atoms with van der Waals surface area (Å²) in [5.41, 5.74) is 1.12. The van der Waals surface area contributed by atoms with Crippen LogP contribution in [0.5, 0.6) is 23.0 Å². The summed E-state index contributed by atoms with van der Waals surface area (Å²) >= 11 is 0. The van der Waals surface area contributed by atoms with Crippen LogP contribution in [0.4, 0.5) is 8.78 Å². The molecule has 1 amide bonds. The van der Waals surface area contributed by atoms with Crippen molar-refractivity contribution < 1.29 is 37.3 Å². The highest BCUT2D eigenvalue weighted by Gasteiger charge is 2.25. The number of carbonyl (C=O) groups excluding carboxylic acids is 1. The first-order valence-electron chi connectivity index (χ1n) is 10.9. The summed E-state index contributed by atoms with van der Waals surface area (Å²) < 4.78 is 51.7. The Morgan fingerprint density at radius 2 is 1.88 bits per heavy atom. The van der Waals surface area contributed by atoms with Gasteiger partial charge in [0.1, 0.15) is 6.61 Å². The van der Waals surface area contributed by atoms with Crippen molar-refractivity contribution >= 4 is 5.91 Å². The van der Waals surface area contributed by atoms with E-state index in [9.17, 15) is 13.6 Å². The lowest BCUT2D eigenvalue weighted by atomic mass is 10.1. The van der Waals surface area contributed by atoms with Crippen LogP contribution in [-0.2, 0) is 11.3 Å². The zero-order valence-corrected chi connectivity index (χ0v) is 19.3. The predicted molar refractivity (Wildman–Crippen MR) is 122 cm³/mol. The lowest BCUT2D eigenvalue weighted by molar-refractivity contribution is -0.0512. The van der Waals surface area contributed by atoms with Gasteiger partial charge >= 0.3 is 6.61 Å². The zero-order valence-electron chi connectivity index (χ0n) is 19.3. The van der Waals surface area contributed by atoms with Crippen LogP contribution in [0.2, 0.25) is 0 Å². The van der Waals surface area contributed by atoms with Gasteiger partial charge in [-0.3, -0.25) is 4.79 Å². The van der Waals surface area contributed by atoms with E-state index in [0.717, 1.165) is 18.4 Å². The van der Waals surface area contributed by atoms with Crippen LogP contribution in [0.15, 0.2) is 49.1 Å². The summed E-state index contributed by atoms with van der Waals surface area (Å²) in [6.07, 6.45) is 3.35. The summed E-state index contributed by atoms with van der Waals surface area (Å²) in [5, 5.41) is 0. The molecule has 2 aromatic rings. The summed E-state index contributed by atoms with van der Waals surface area (Å²) in [5.74, 6) is 0.734. The SMILES string of the molecule is C=CCOc1ccc(CN(CC2CCCO2)C(=O)c2ccc(OC(F)F)c(OC)c2)cc1OC. The van der Waals surface area contributed by atoms with Gasteiger partial charge in [0.2, 0.25) is 0 Å². The molecule has 0 N–H and O–H groups in total. The first-order valence-corrected chi connectivity index (χ1v) is 10.9. The van der Waals surface area contributed by atoms with Gasteiger partial charge in [0.05, 0.1) is 20.3 Å². The number of halogens is 2. The highest BCUT2D eigenvalue weighted by Crippen LogP contribution is 2.31. The van der Waals surface area contributed by atoms with Gasteiger partial charge in [0, 0.05) is 25.3 Å². The van der Waals surface area contributed by atoms with Gasteiger partial charge in [-0.15, -0.1) is 0 Å². The molecular formula is C25H29F2NO6. The Morgan fingerprint density at radius 1 is 1.15 bits per heavy atom. The van der Waals surface area contributed by atoms with Crippen molar-refractivity contribution in [2.24, 2.45) is 0 Å². The number of nitrogens with zero attached hydrogens (tertiary/aromatic N) is 1. The monoisotopic (exact) mass is 477 g/mol. The molecule has 1 fully saturated rings. The minimum atomic E-state index is -3.00. The molecule has 1 atom stereocenters. The average molecular weight is 478 g/mol. The molecule has 0 aliphatic carbocycles. The van der Waals surface area contributed by atoms with Crippen LogP contribution in [0.3, 0.4) is 0 Å². The van der Waals surface area contributed by atoms with Gasteiger partial charge in [0.25, 0.3) is 5.91 Å². The molecule has 1 aliphatic rings. The third-order valence-corrected chi connectivity index (χ3v) is 5.32. The minimum absolute atomic E-state index is 0.0496. The lowest BCUT2D eigenvalue weighted by Gasteiger charge is -2.26. The lowest BCUT2D eigenvalue weighted by Crippen LogP contribution is -2.37. The van der Waals surface area contributed by atoms with E-state index < -0.39 is 6.61 Å². The molecule has 0 saturated carbocycles. The molecule has 184 valence electrons. The molecule has 0 bridgehead atoms. The molecule has 1 saturated heterocycles. The van der Waals surface area contributed by atoms with Crippen LogP contribution in [0, 0.1) is 0 Å². The van der Waals surface area contributed by atoms with E-state index in [-0.39, 0.29) is 35.6 Å². The van der Waals surface area contributed by atoms with E-state index in [1.54, 1.807) is 24.2 Å². The first kappa shape index (κ1) is 25.3. The van der Waals surface area contributed by atoms with Gasteiger partial charge in [-0.25, -0.2) is 0 Å². The summed E-state index contributed by atoms with van der Waals surface area (Å²) in [7, 11) is 2.87. The maximum atomic E-state index is 13.5. The van der Waals surface area contributed by atoms with Crippen LogP contribution in [0.25, 0.3) is 0 Å². The fraction of sp³-hybridized carbons (Fsp3) is 0.400. The third kappa shape index (κ3) is 6.60. The zero-order chi connectivity index (χ0) is 24.5. The Morgan fingerprint density at radius 3 is 2.53 bits per heavy atom. The summed E-state index contributed by atoms with van der Waals surface area (Å²) in [4.78, 5) is 15.1. The molecule has 34 heavy (non-hydrogen) atoms. The normalized spacial score (nSPS) is 15.1. The van der Waals surface area contributed by atoms with Crippen molar-refractivity contribution in [1.82, 2.24) is 4.90 Å². The van der Waals surface area contributed by atoms with Gasteiger partial charge in [-0.05, 0) is 48.7 Å². The van der Waals surface area contributed by atoms with E-state index in [1.807, 2.05) is 12.1 Å². The second kappa shape index (κ2) is 12.2. The van der Waals surface area contributed by atoms with E-state index in [1.165, 1.54) is 25.3 Å². The number of hydrogen-bond acceptors (Lipinski definition) is 6. The molecule has 1 aliphatic heterocycles. The molecule has 2 aromatic carbocycles. The number of amides is 1. The molecule has 0 aromatic heterocycles. The van der Waals surface area contributed by atoms with Gasteiger partial charge < -0.3 is 28.6 Å².